The molecule has 0 bridgehead atoms. The quantitative estimate of drug-likeness (QED) is 0.687. The number of para-hydroxylation sites is 1. The molecule has 1 heterocycles. The Morgan fingerprint density at radius 3 is 2.59 bits per heavy atom. The number of rotatable bonds is 6. The predicted octanol–water partition coefficient (Wildman–Crippen LogP) is 3.59. The Morgan fingerprint density at radius 2 is 1.93 bits per heavy atom. The van der Waals surface area contributed by atoms with Crippen LogP contribution in [-0.2, 0) is 4.79 Å². The second kappa shape index (κ2) is 7.59. The number of hydrogen-bond acceptors (Lipinski definition) is 6. The third kappa shape index (κ3) is 3.54. The minimum atomic E-state index is -1.16. The molecule has 3 aromatic rings. The van der Waals surface area contributed by atoms with Crippen molar-refractivity contribution in [1.29, 1.82) is 0 Å². The van der Waals surface area contributed by atoms with E-state index in [2.05, 4.69) is 0 Å². The number of methoxy groups -OCH3 is 2. The number of hydrogen-bond donors (Lipinski definition) is 1. The van der Waals surface area contributed by atoms with Gasteiger partial charge in [0.25, 0.3) is 0 Å². The highest BCUT2D eigenvalue weighted by atomic mass is 35.5. The van der Waals surface area contributed by atoms with E-state index < -0.39 is 12.6 Å². The van der Waals surface area contributed by atoms with Gasteiger partial charge in [0, 0.05) is 6.07 Å². The van der Waals surface area contributed by atoms with Crippen LogP contribution < -0.4 is 19.6 Å². The van der Waals surface area contributed by atoms with Crippen molar-refractivity contribution in [3.63, 3.8) is 0 Å². The van der Waals surface area contributed by atoms with Crippen molar-refractivity contribution >= 4 is 28.5 Å². The van der Waals surface area contributed by atoms with Crippen LogP contribution in [0.15, 0.2) is 45.6 Å². The maximum atomic E-state index is 12.5. The summed E-state index contributed by atoms with van der Waals surface area (Å²) in [7, 11) is 2.80. The number of carboxylic acids is 1. The van der Waals surface area contributed by atoms with Gasteiger partial charge < -0.3 is 23.7 Å². The van der Waals surface area contributed by atoms with Gasteiger partial charge in [-0.1, -0.05) is 17.7 Å². The molecule has 0 spiro atoms. The summed E-state index contributed by atoms with van der Waals surface area (Å²) in [6, 6.07) is 9.38. The third-order valence-electron chi connectivity index (χ3n) is 3.81. The van der Waals surface area contributed by atoms with Gasteiger partial charge in [-0.3, -0.25) is 4.79 Å². The summed E-state index contributed by atoms with van der Waals surface area (Å²) >= 11 is 6.15. The van der Waals surface area contributed by atoms with Gasteiger partial charge >= 0.3 is 5.97 Å². The zero-order valence-electron chi connectivity index (χ0n) is 14.4. The number of ether oxygens (including phenoxy) is 3. The maximum absolute atomic E-state index is 12.5. The van der Waals surface area contributed by atoms with E-state index in [1.807, 2.05) is 0 Å². The molecule has 0 aliphatic rings. The molecule has 0 amide bonds. The lowest BCUT2D eigenvalue weighted by Crippen LogP contribution is -2.11. The van der Waals surface area contributed by atoms with Crippen LogP contribution in [0.3, 0.4) is 0 Å². The molecule has 0 saturated heterocycles. The van der Waals surface area contributed by atoms with Gasteiger partial charge in [-0.2, -0.15) is 0 Å². The van der Waals surface area contributed by atoms with E-state index >= 15 is 0 Å². The first kappa shape index (κ1) is 18.6. The Bertz CT molecular complexity index is 1070. The molecule has 140 valence electrons. The van der Waals surface area contributed by atoms with Crippen LogP contribution in [-0.4, -0.2) is 31.9 Å². The van der Waals surface area contributed by atoms with E-state index in [4.69, 9.17) is 35.3 Å². The number of halogens is 1. The van der Waals surface area contributed by atoms with Gasteiger partial charge in [0.15, 0.2) is 29.1 Å². The average Bonchev–Trinajstić information content (AvgIpc) is 2.66. The molecule has 0 unspecified atom stereocenters. The maximum Gasteiger partial charge on any atom is 0.341 e. The first-order valence-corrected chi connectivity index (χ1v) is 8.16. The Balaban J connectivity index is 2.24. The number of carbonyl (C=O) groups is 1. The van der Waals surface area contributed by atoms with Crippen molar-refractivity contribution in [2.75, 3.05) is 20.8 Å². The van der Waals surface area contributed by atoms with E-state index in [9.17, 15) is 9.59 Å². The van der Waals surface area contributed by atoms with Crippen LogP contribution in [0.2, 0.25) is 5.02 Å². The molecule has 0 aliphatic carbocycles. The number of benzene rings is 2. The topological polar surface area (TPSA) is 95.2 Å². The molecule has 1 N–H and O–H groups in total. The van der Waals surface area contributed by atoms with Crippen molar-refractivity contribution in [2.45, 2.75) is 0 Å². The predicted molar refractivity (Wildman–Crippen MR) is 99.2 cm³/mol. The van der Waals surface area contributed by atoms with Crippen molar-refractivity contribution in [1.82, 2.24) is 0 Å². The minimum absolute atomic E-state index is 0.0850. The highest BCUT2D eigenvalue weighted by molar-refractivity contribution is 6.34. The molecule has 1 aromatic heterocycles. The van der Waals surface area contributed by atoms with E-state index in [0.29, 0.717) is 16.0 Å². The largest absolute Gasteiger partial charge is 0.493 e. The second-order valence-electron chi connectivity index (χ2n) is 5.45. The van der Waals surface area contributed by atoms with E-state index in [0.717, 1.165) is 0 Å². The summed E-state index contributed by atoms with van der Waals surface area (Å²) in [6.07, 6.45) is 0. The summed E-state index contributed by atoms with van der Waals surface area (Å²) in [4.78, 5) is 23.3. The summed E-state index contributed by atoms with van der Waals surface area (Å²) in [5.41, 5.74) is 0.352. The molecule has 7 nitrogen and oxygen atoms in total. The van der Waals surface area contributed by atoms with Crippen molar-refractivity contribution in [2.24, 2.45) is 0 Å². The zero-order chi connectivity index (χ0) is 19.6. The van der Waals surface area contributed by atoms with Gasteiger partial charge in [-0.15, -0.1) is 0 Å². The van der Waals surface area contributed by atoms with Crippen LogP contribution >= 0.6 is 11.6 Å². The molecule has 8 heteroatoms. The van der Waals surface area contributed by atoms with Gasteiger partial charge in [-0.05, 0) is 24.3 Å². The Kier molecular flexibility index (Phi) is 5.23. The van der Waals surface area contributed by atoms with Crippen LogP contribution in [0.1, 0.15) is 0 Å². The fourth-order valence-corrected chi connectivity index (χ4v) is 2.86. The summed E-state index contributed by atoms with van der Waals surface area (Å²) in [5.74, 6) is -0.432. The van der Waals surface area contributed by atoms with E-state index in [-0.39, 0.29) is 34.0 Å². The molecular weight excluding hydrogens is 376 g/mol. The molecule has 27 heavy (non-hydrogen) atoms. The normalized spacial score (nSPS) is 10.6. The molecule has 0 fully saturated rings. The van der Waals surface area contributed by atoms with Gasteiger partial charge in [0.05, 0.1) is 30.2 Å². The Labute approximate surface area is 158 Å². The monoisotopic (exact) mass is 390 g/mol. The Morgan fingerprint density at radius 1 is 1.15 bits per heavy atom. The SMILES string of the molecule is COc1ccc(-c2cc(=O)c3cccc(Cl)c3o2)c(OC)c1OCC(=O)O. The third-order valence-corrected chi connectivity index (χ3v) is 4.11. The lowest BCUT2D eigenvalue weighted by atomic mass is 10.1. The van der Waals surface area contributed by atoms with Gasteiger partial charge in [-0.25, -0.2) is 4.79 Å². The highest BCUT2D eigenvalue weighted by Crippen LogP contribution is 2.44. The summed E-state index contributed by atoms with van der Waals surface area (Å²) < 4.78 is 21.8. The van der Waals surface area contributed by atoms with Crippen LogP contribution in [0, 0.1) is 0 Å². The molecule has 3 rings (SSSR count). The first-order chi connectivity index (χ1) is 13.0. The number of aliphatic carboxylic acids is 1. The van der Waals surface area contributed by atoms with Gasteiger partial charge in [0.2, 0.25) is 5.75 Å². The molecule has 0 aliphatic heterocycles. The van der Waals surface area contributed by atoms with Gasteiger partial charge in [0.1, 0.15) is 5.76 Å². The van der Waals surface area contributed by atoms with E-state index in [1.165, 1.54) is 20.3 Å². The lowest BCUT2D eigenvalue weighted by molar-refractivity contribution is -0.139. The minimum Gasteiger partial charge on any atom is -0.493 e. The molecule has 0 atom stereocenters. The lowest BCUT2D eigenvalue weighted by Gasteiger charge is -2.16. The first-order valence-electron chi connectivity index (χ1n) is 7.78. The average molecular weight is 391 g/mol. The number of fused-ring (bicyclic) bond motifs is 1. The smallest absolute Gasteiger partial charge is 0.341 e. The number of carboxylic acid groups (broad SMARTS) is 1. The molecular formula is C19H15ClO7. The summed E-state index contributed by atoms with van der Waals surface area (Å²) in [5, 5.41) is 9.53. The highest BCUT2D eigenvalue weighted by Gasteiger charge is 2.21. The molecule has 2 aromatic carbocycles. The zero-order valence-corrected chi connectivity index (χ0v) is 15.2. The standard InChI is InChI=1S/C19H15ClO7/c1-24-14-7-6-11(18(25-2)19(14)26-9-16(22)23)15-8-13(21)10-4-3-5-12(20)17(10)27-15/h3-8H,9H2,1-2H3,(H,22,23). The van der Waals surface area contributed by atoms with Crippen LogP contribution in [0.4, 0.5) is 0 Å². The fourth-order valence-electron chi connectivity index (χ4n) is 2.65. The second-order valence-corrected chi connectivity index (χ2v) is 5.86. The van der Waals surface area contributed by atoms with Crippen molar-refractivity contribution in [3.05, 3.63) is 51.6 Å². The van der Waals surface area contributed by atoms with E-state index in [1.54, 1.807) is 30.3 Å². The molecule has 0 saturated carbocycles. The van der Waals surface area contributed by atoms with Crippen molar-refractivity contribution in [3.8, 4) is 28.6 Å². The fraction of sp³-hybridized carbons (Fsp3) is 0.158. The molecule has 0 radical (unpaired) electrons. The van der Waals surface area contributed by atoms with Crippen molar-refractivity contribution < 1.29 is 28.5 Å². The Hall–Kier alpha value is -3.19. The van der Waals surface area contributed by atoms with Crippen LogP contribution in [0.25, 0.3) is 22.3 Å². The van der Waals surface area contributed by atoms with Crippen LogP contribution in [0.5, 0.6) is 17.2 Å². The summed E-state index contributed by atoms with van der Waals surface area (Å²) in [6.45, 7) is -0.594.